The Hall–Kier alpha value is -1.70. The van der Waals surface area contributed by atoms with E-state index in [4.69, 9.17) is 0 Å². The first-order valence-electron chi connectivity index (χ1n) is 7.45. The maximum Gasteiger partial charge on any atom is 0.294 e. The second-order valence-corrected chi connectivity index (χ2v) is 6.69. The van der Waals surface area contributed by atoms with E-state index in [0.29, 0.717) is 12.2 Å². The molecule has 0 bridgehead atoms. The van der Waals surface area contributed by atoms with Crippen molar-refractivity contribution in [2.75, 3.05) is 39.9 Å². The summed E-state index contributed by atoms with van der Waals surface area (Å²) in [6, 6.07) is 6.21. The van der Waals surface area contributed by atoms with Gasteiger partial charge in [-0.25, -0.2) is 4.39 Å². The van der Waals surface area contributed by atoms with Crippen LogP contribution in [0.5, 0.6) is 0 Å². The molecule has 2 aliphatic rings. The van der Waals surface area contributed by atoms with Crippen molar-refractivity contribution in [1.82, 2.24) is 14.7 Å². The number of hydrogen-bond acceptors (Lipinski definition) is 5. The summed E-state index contributed by atoms with van der Waals surface area (Å²) < 4.78 is 13.7. The lowest BCUT2D eigenvalue weighted by Crippen LogP contribution is -2.49. The standard InChI is InChI=1S/C16H18FN3O2S/c1-18-6-8-19(9-7-18)11-20-15(21)14(23-16(20)22)10-12-4-2-3-5-13(12)17/h2-5,10H,6-9,11H2,1H3. The summed E-state index contributed by atoms with van der Waals surface area (Å²) in [6.45, 7) is 3.78. The fourth-order valence-corrected chi connectivity index (χ4v) is 3.37. The van der Waals surface area contributed by atoms with E-state index in [2.05, 4.69) is 16.8 Å². The Morgan fingerprint density at radius 3 is 2.57 bits per heavy atom. The zero-order valence-corrected chi connectivity index (χ0v) is 13.7. The summed E-state index contributed by atoms with van der Waals surface area (Å²) in [6.07, 6.45) is 1.45. The van der Waals surface area contributed by atoms with Crippen LogP contribution in [0.1, 0.15) is 5.56 Å². The lowest BCUT2D eigenvalue weighted by molar-refractivity contribution is -0.124. The van der Waals surface area contributed by atoms with Gasteiger partial charge in [0, 0.05) is 31.7 Å². The average molecular weight is 335 g/mol. The third-order valence-electron chi connectivity index (χ3n) is 4.00. The number of likely N-dealkylation sites (N-methyl/N-ethyl adjacent to an activating group) is 1. The maximum atomic E-state index is 13.7. The Kier molecular flexibility index (Phi) is 4.79. The molecular formula is C16H18FN3O2S. The van der Waals surface area contributed by atoms with Crippen LogP contribution in [0.15, 0.2) is 29.2 Å². The molecule has 2 heterocycles. The molecule has 0 aliphatic carbocycles. The first-order chi connectivity index (χ1) is 11.0. The van der Waals surface area contributed by atoms with Crippen LogP contribution in [0, 0.1) is 5.82 Å². The number of carbonyl (C=O) groups excluding carboxylic acids is 2. The molecule has 7 heteroatoms. The number of halogens is 1. The molecule has 2 saturated heterocycles. The van der Waals surface area contributed by atoms with Gasteiger partial charge in [0.25, 0.3) is 11.1 Å². The molecule has 0 atom stereocenters. The van der Waals surface area contributed by atoms with Crippen LogP contribution in [0.3, 0.4) is 0 Å². The third kappa shape index (κ3) is 3.63. The topological polar surface area (TPSA) is 43.9 Å². The number of imide groups is 1. The lowest BCUT2D eigenvalue weighted by atomic mass is 10.2. The molecule has 0 aromatic heterocycles. The lowest BCUT2D eigenvalue weighted by Gasteiger charge is -2.33. The van der Waals surface area contributed by atoms with E-state index in [1.165, 1.54) is 17.0 Å². The number of rotatable bonds is 3. The van der Waals surface area contributed by atoms with Gasteiger partial charge in [-0.05, 0) is 31.0 Å². The van der Waals surface area contributed by atoms with Crippen LogP contribution in [0.2, 0.25) is 0 Å². The van der Waals surface area contributed by atoms with Gasteiger partial charge in [0.15, 0.2) is 0 Å². The minimum absolute atomic E-state index is 0.272. The molecule has 1 aromatic rings. The number of nitrogens with zero attached hydrogens (tertiary/aromatic N) is 3. The van der Waals surface area contributed by atoms with E-state index in [1.54, 1.807) is 18.2 Å². The molecule has 2 aliphatic heterocycles. The average Bonchev–Trinajstić information content (AvgIpc) is 2.79. The molecule has 0 radical (unpaired) electrons. The van der Waals surface area contributed by atoms with Crippen LogP contribution in [0.25, 0.3) is 6.08 Å². The van der Waals surface area contributed by atoms with Gasteiger partial charge < -0.3 is 4.90 Å². The summed E-state index contributed by atoms with van der Waals surface area (Å²) in [5.74, 6) is -0.749. The van der Waals surface area contributed by atoms with Gasteiger partial charge >= 0.3 is 0 Å². The number of hydrogen-bond donors (Lipinski definition) is 0. The van der Waals surface area contributed by atoms with Gasteiger partial charge in [0.05, 0.1) is 11.6 Å². The first kappa shape index (κ1) is 16.2. The Morgan fingerprint density at radius 2 is 1.87 bits per heavy atom. The number of piperazine rings is 1. The molecule has 0 unspecified atom stereocenters. The van der Waals surface area contributed by atoms with Gasteiger partial charge in [-0.2, -0.15) is 0 Å². The number of carbonyl (C=O) groups is 2. The summed E-state index contributed by atoms with van der Waals surface area (Å²) in [4.78, 5) is 30.3. The van der Waals surface area contributed by atoms with Crippen molar-refractivity contribution in [1.29, 1.82) is 0 Å². The van der Waals surface area contributed by atoms with Crippen LogP contribution >= 0.6 is 11.8 Å². The first-order valence-corrected chi connectivity index (χ1v) is 8.27. The Balaban J connectivity index is 1.71. The third-order valence-corrected chi connectivity index (χ3v) is 4.91. The molecule has 5 nitrogen and oxygen atoms in total. The van der Waals surface area contributed by atoms with Crippen molar-refractivity contribution in [3.8, 4) is 0 Å². The molecule has 2 amide bonds. The fourth-order valence-electron chi connectivity index (χ4n) is 2.54. The SMILES string of the molecule is CN1CCN(CN2C(=O)SC(=Cc3ccccc3F)C2=O)CC1. The van der Waals surface area contributed by atoms with Crippen molar-refractivity contribution in [2.45, 2.75) is 0 Å². The van der Waals surface area contributed by atoms with E-state index < -0.39 is 5.82 Å². The minimum Gasteiger partial charge on any atom is -0.304 e. The van der Waals surface area contributed by atoms with Crippen LogP contribution in [0.4, 0.5) is 9.18 Å². The largest absolute Gasteiger partial charge is 0.304 e. The number of benzene rings is 1. The zero-order valence-electron chi connectivity index (χ0n) is 12.9. The highest BCUT2D eigenvalue weighted by molar-refractivity contribution is 8.18. The Bertz CT molecular complexity index is 656. The van der Waals surface area contributed by atoms with Crippen LogP contribution in [-0.2, 0) is 4.79 Å². The zero-order chi connectivity index (χ0) is 16.4. The van der Waals surface area contributed by atoms with Crippen molar-refractivity contribution in [2.24, 2.45) is 0 Å². The molecule has 3 rings (SSSR count). The fraction of sp³-hybridized carbons (Fsp3) is 0.375. The van der Waals surface area contributed by atoms with Gasteiger partial charge in [0.1, 0.15) is 5.82 Å². The van der Waals surface area contributed by atoms with Gasteiger partial charge in [-0.1, -0.05) is 18.2 Å². The Labute approximate surface area is 138 Å². The van der Waals surface area contributed by atoms with Gasteiger partial charge in [-0.15, -0.1) is 0 Å². The van der Waals surface area contributed by atoms with E-state index in [1.807, 2.05) is 0 Å². The smallest absolute Gasteiger partial charge is 0.294 e. The molecule has 0 saturated carbocycles. The summed E-state index contributed by atoms with van der Waals surface area (Å²) in [7, 11) is 2.05. The summed E-state index contributed by atoms with van der Waals surface area (Å²) in [5, 5.41) is -0.295. The van der Waals surface area contributed by atoms with E-state index in [9.17, 15) is 14.0 Å². The number of amides is 2. The van der Waals surface area contributed by atoms with Gasteiger partial charge in [-0.3, -0.25) is 19.4 Å². The van der Waals surface area contributed by atoms with Crippen molar-refractivity contribution in [3.63, 3.8) is 0 Å². The highest BCUT2D eigenvalue weighted by Gasteiger charge is 2.36. The van der Waals surface area contributed by atoms with Crippen LogP contribution in [-0.4, -0.2) is 65.7 Å². The van der Waals surface area contributed by atoms with Crippen molar-refractivity contribution >= 4 is 29.0 Å². The van der Waals surface area contributed by atoms with E-state index in [0.717, 1.165) is 37.9 Å². The molecule has 0 spiro atoms. The summed E-state index contributed by atoms with van der Waals surface area (Å²) >= 11 is 0.869. The highest BCUT2D eigenvalue weighted by atomic mass is 32.2. The summed E-state index contributed by atoms with van der Waals surface area (Å²) in [5.41, 5.74) is 0.317. The monoisotopic (exact) mass is 335 g/mol. The normalized spacial score (nSPS) is 22.3. The van der Waals surface area contributed by atoms with E-state index in [-0.39, 0.29) is 16.1 Å². The van der Waals surface area contributed by atoms with Crippen LogP contribution < -0.4 is 0 Å². The quantitative estimate of drug-likeness (QED) is 0.791. The molecule has 0 N–H and O–H groups in total. The second-order valence-electron chi connectivity index (χ2n) is 5.69. The molecule has 23 heavy (non-hydrogen) atoms. The van der Waals surface area contributed by atoms with Crippen molar-refractivity contribution in [3.05, 3.63) is 40.6 Å². The number of thioether (sulfide) groups is 1. The highest BCUT2D eigenvalue weighted by Crippen LogP contribution is 2.32. The minimum atomic E-state index is -0.404. The maximum absolute atomic E-state index is 13.7. The van der Waals surface area contributed by atoms with Crippen molar-refractivity contribution < 1.29 is 14.0 Å². The second kappa shape index (κ2) is 6.82. The molecule has 2 fully saturated rings. The van der Waals surface area contributed by atoms with Gasteiger partial charge in [0.2, 0.25) is 0 Å². The predicted molar refractivity (Wildman–Crippen MR) is 88.1 cm³/mol. The Morgan fingerprint density at radius 1 is 1.17 bits per heavy atom. The predicted octanol–water partition coefficient (Wildman–Crippen LogP) is 2.07. The van der Waals surface area contributed by atoms with E-state index >= 15 is 0 Å². The molecular weight excluding hydrogens is 317 g/mol. The molecule has 122 valence electrons. The molecule has 1 aromatic carbocycles.